The van der Waals surface area contributed by atoms with Crippen molar-refractivity contribution in [3.63, 3.8) is 0 Å². The maximum Gasteiger partial charge on any atom is 0.199 e. The van der Waals surface area contributed by atoms with Crippen molar-refractivity contribution in [1.82, 2.24) is 4.90 Å². The number of hydrogen-bond acceptors (Lipinski definition) is 2. The Morgan fingerprint density at radius 2 is 2.00 bits per heavy atom. The summed E-state index contributed by atoms with van der Waals surface area (Å²) in [5.74, 6) is 0.382. The van der Waals surface area contributed by atoms with Gasteiger partial charge in [-0.1, -0.05) is 5.75 Å². The van der Waals surface area contributed by atoms with E-state index < -0.39 is 0 Å². The van der Waals surface area contributed by atoms with Crippen molar-refractivity contribution in [2.24, 2.45) is 0 Å². The molecule has 0 aromatic rings. The minimum atomic E-state index is 0. The van der Waals surface area contributed by atoms with E-state index in [-0.39, 0.29) is 55.4 Å². The second-order valence-electron chi connectivity index (χ2n) is 3.96. The van der Waals surface area contributed by atoms with Gasteiger partial charge in [0.25, 0.3) is 0 Å². The first-order valence-corrected chi connectivity index (χ1v) is 4.55. The summed E-state index contributed by atoms with van der Waals surface area (Å²) in [6.07, 6.45) is 2.36. The molecule has 1 saturated carbocycles. The monoisotopic (exact) mass is 259 g/mol. The van der Waals surface area contributed by atoms with E-state index in [2.05, 4.69) is 13.8 Å². The zero-order valence-electron chi connectivity index (χ0n) is 7.46. The number of carbonyl (C=O) groups is 1. The van der Waals surface area contributed by atoms with Crippen molar-refractivity contribution < 1.29 is 37.5 Å². The van der Waals surface area contributed by atoms with Crippen LogP contribution in [0.1, 0.15) is 26.7 Å². The molecule has 4 heteroatoms. The zero-order valence-corrected chi connectivity index (χ0v) is 11.1. The number of amides is 1. The SMILES string of the molecule is CC1(C)N(C(=O)C[S-])C12CC2.[Y]. The van der Waals surface area contributed by atoms with Crippen LogP contribution in [-0.4, -0.2) is 27.6 Å². The third-order valence-electron chi connectivity index (χ3n) is 3.17. The first-order chi connectivity index (χ1) is 5.06. The van der Waals surface area contributed by atoms with Crippen LogP contribution in [0.15, 0.2) is 0 Å². The molecule has 2 rings (SSSR count). The van der Waals surface area contributed by atoms with Gasteiger partial charge in [-0.15, -0.1) is 0 Å². The van der Waals surface area contributed by atoms with Crippen LogP contribution >= 0.6 is 0 Å². The van der Waals surface area contributed by atoms with Gasteiger partial charge in [0.15, 0.2) is 5.91 Å². The second kappa shape index (κ2) is 2.96. The fraction of sp³-hybridized carbons (Fsp3) is 0.875. The summed E-state index contributed by atoms with van der Waals surface area (Å²) in [7, 11) is 0. The normalized spacial score (nSPS) is 26.4. The van der Waals surface area contributed by atoms with E-state index in [1.54, 1.807) is 0 Å². The maximum absolute atomic E-state index is 11.3. The number of rotatable bonds is 1. The molecule has 1 spiro atoms. The second-order valence-corrected chi connectivity index (χ2v) is 4.25. The average Bonchev–Trinajstić information content (AvgIpc) is 2.76. The molecule has 0 atom stereocenters. The zero-order chi connectivity index (χ0) is 8.28. The van der Waals surface area contributed by atoms with E-state index in [1.807, 2.05) is 4.90 Å². The molecule has 1 radical (unpaired) electrons. The summed E-state index contributed by atoms with van der Waals surface area (Å²) in [6, 6.07) is 0. The van der Waals surface area contributed by atoms with Crippen LogP contribution in [0.3, 0.4) is 0 Å². The van der Waals surface area contributed by atoms with Crippen LogP contribution in [0.4, 0.5) is 0 Å². The van der Waals surface area contributed by atoms with E-state index >= 15 is 0 Å². The third-order valence-corrected chi connectivity index (χ3v) is 3.42. The van der Waals surface area contributed by atoms with Crippen LogP contribution < -0.4 is 0 Å². The van der Waals surface area contributed by atoms with Crippen LogP contribution in [0, 0.1) is 0 Å². The van der Waals surface area contributed by atoms with Crippen LogP contribution in [0.2, 0.25) is 0 Å². The minimum Gasteiger partial charge on any atom is -0.783 e. The molecule has 1 aliphatic heterocycles. The standard InChI is InChI=1S/C8H13NOS.Y/c1-7(2)8(3-4-8)9(7)6(10)5-11;/h11H,3-5H2,1-2H3;/p-1. The van der Waals surface area contributed by atoms with E-state index in [9.17, 15) is 4.79 Å². The Kier molecular flexibility index (Phi) is 2.71. The Hall–Kier alpha value is 0.924. The summed E-state index contributed by atoms with van der Waals surface area (Å²) >= 11 is 4.73. The summed E-state index contributed by atoms with van der Waals surface area (Å²) < 4.78 is 0. The van der Waals surface area contributed by atoms with Gasteiger partial charge in [0, 0.05) is 32.7 Å². The fourth-order valence-electron chi connectivity index (χ4n) is 2.29. The van der Waals surface area contributed by atoms with Gasteiger partial charge in [0.05, 0.1) is 11.1 Å². The molecule has 65 valence electrons. The Morgan fingerprint density at radius 3 is 2.25 bits per heavy atom. The summed E-state index contributed by atoms with van der Waals surface area (Å²) in [4.78, 5) is 13.2. The predicted molar refractivity (Wildman–Crippen MR) is 45.1 cm³/mol. The molecular formula is C8H12NOSY-. The third kappa shape index (κ3) is 1.13. The first kappa shape index (κ1) is 11.0. The molecule has 0 aromatic carbocycles. The Labute approximate surface area is 104 Å². The van der Waals surface area contributed by atoms with Crippen molar-refractivity contribution >= 4 is 18.5 Å². The number of nitrogens with zero attached hydrogens (tertiary/aromatic N) is 1. The molecule has 0 N–H and O–H groups in total. The summed E-state index contributed by atoms with van der Waals surface area (Å²) in [5, 5.41) is 0. The summed E-state index contributed by atoms with van der Waals surface area (Å²) in [5.41, 5.74) is 0.367. The van der Waals surface area contributed by atoms with Crippen LogP contribution in [-0.2, 0) is 50.1 Å². The van der Waals surface area contributed by atoms with E-state index in [0.717, 1.165) is 0 Å². The Balaban J connectivity index is 0.000000720. The van der Waals surface area contributed by atoms with Crippen LogP contribution in [0.25, 0.3) is 0 Å². The molecule has 2 aliphatic rings. The molecular weight excluding hydrogens is 247 g/mol. The molecule has 1 saturated heterocycles. The number of hydrogen-bond donors (Lipinski definition) is 0. The van der Waals surface area contributed by atoms with Crippen LogP contribution in [0.5, 0.6) is 0 Å². The molecule has 1 aliphatic carbocycles. The van der Waals surface area contributed by atoms with Gasteiger partial charge in [-0.3, -0.25) is 4.79 Å². The van der Waals surface area contributed by atoms with Crippen molar-refractivity contribution in [2.45, 2.75) is 37.8 Å². The molecule has 0 aromatic heterocycles. The van der Waals surface area contributed by atoms with Gasteiger partial charge in [0.2, 0.25) is 0 Å². The smallest absolute Gasteiger partial charge is 0.199 e. The van der Waals surface area contributed by atoms with E-state index in [1.165, 1.54) is 12.8 Å². The quantitative estimate of drug-likeness (QED) is 0.510. The number of carbonyl (C=O) groups excluding carboxylic acids is 1. The van der Waals surface area contributed by atoms with Crippen molar-refractivity contribution in [2.75, 3.05) is 5.75 Å². The minimum absolute atomic E-state index is 0. The maximum atomic E-state index is 11.3. The molecule has 1 amide bonds. The van der Waals surface area contributed by atoms with Gasteiger partial charge in [-0.2, -0.15) is 0 Å². The first-order valence-electron chi connectivity index (χ1n) is 3.97. The van der Waals surface area contributed by atoms with Crippen molar-refractivity contribution in [3.05, 3.63) is 0 Å². The molecule has 0 bridgehead atoms. The Bertz CT molecular complexity index is 221. The van der Waals surface area contributed by atoms with Gasteiger partial charge in [-0.05, 0) is 26.7 Å². The molecule has 2 nitrogen and oxygen atoms in total. The molecule has 2 fully saturated rings. The topological polar surface area (TPSA) is 20.1 Å². The van der Waals surface area contributed by atoms with Gasteiger partial charge in [-0.25, -0.2) is 0 Å². The average molecular weight is 259 g/mol. The largest absolute Gasteiger partial charge is 0.783 e. The molecule has 0 unspecified atom stereocenters. The van der Waals surface area contributed by atoms with E-state index in [0.29, 0.717) is 0 Å². The molecule has 12 heavy (non-hydrogen) atoms. The van der Waals surface area contributed by atoms with Gasteiger partial charge in [0.1, 0.15) is 0 Å². The fourth-order valence-corrected chi connectivity index (χ4v) is 2.42. The molecule has 1 heterocycles. The Morgan fingerprint density at radius 1 is 1.50 bits per heavy atom. The van der Waals surface area contributed by atoms with Crippen molar-refractivity contribution in [3.8, 4) is 0 Å². The van der Waals surface area contributed by atoms with Crippen molar-refractivity contribution in [1.29, 1.82) is 0 Å². The van der Waals surface area contributed by atoms with Gasteiger partial charge >= 0.3 is 0 Å². The van der Waals surface area contributed by atoms with E-state index in [4.69, 9.17) is 12.6 Å². The van der Waals surface area contributed by atoms with Gasteiger partial charge < -0.3 is 17.5 Å². The summed E-state index contributed by atoms with van der Waals surface area (Å²) in [6.45, 7) is 4.26. The predicted octanol–water partition coefficient (Wildman–Crippen LogP) is 0.684.